The normalized spacial score (nSPS) is 10.5. The van der Waals surface area contributed by atoms with Crippen molar-refractivity contribution in [3.05, 3.63) is 22.7 Å². The largest absolute Gasteiger partial charge is 0.490 e. The van der Waals surface area contributed by atoms with Gasteiger partial charge in [-0.2, -0.15) is 0 Å². The number of anilines is 1. The highest BCUT2D eigenvalue weighted by atomic mass is 35.5. The van der Waals surface area contributed by atoms with Crippen molar-refractivity contribution in [2.45, 2.75) is 33.9 Å². The lowest BCUT2D eigenvalue weighted by molar-refractivity contribution is 0.287. The summed E-state index contributed by atoms with van der Waals surface area (Å²) in [5.74, 6) is 1.93. The van der Waals surface area contributed by atoms with E-state index in [9.17, 15) is 0 Å². The van der Waals surface area contributed by atoms with Crippen LogP contribution in [0.25, 0.3) is 0 Å². The van der Waals surface area contributed by atoms with Crippen LogP contribution < -0.4 is 14.8 Å². The second-order valence-electron chi connectivity index (χ2n) is 4.43. The minimum Gasteiger partial charge on any atom is -0.490 e. The van der Waals surface area contributed by atoms with E-state index in [4.69, 9.17) is 21.1 Å². The van der Waals surface area contributed by atoms with Crippen LogP contribution in [-0.2, 0) is 13.1 Å². The summed E-state index contributed by atoms with van der Waals surface area (Å²) < 4.78 is 12.8. The molecule has 120 valence electrons. The van der Waals surface area contributed by atoms with E-state index in [1.165, 1.54) is 0 Å². The quantitative estimate of drug-likeness (QED) is 0.804. The third-order valence-electron chi connectivity index (χ3n) is 2.98. The Hall–Kier alpha value is -2.02. The molecule has 1 aromatic carbocycles. The average Bonchev–Trinajstić information content (AvgIpc) is 2.96. The van der Waals surface area contributed by atoms with Crippen LogP contribution in [0.3, 0.4) is 0 Å². The van der Waals surface area contributed by atoms with E-state index < -0.39 is 0 Å². The molecule has 0 bridgehead atoms. The van der Waals surface area contributed by atoms with E-state index >= 15 is 0 Å². The first kappa shape index (κ1) is 16.4. The maximum absolute atomic E-state index is 6.32. The first-order valence-corrected chi connectivity index (χ1v) is 7.65. The monoisotopic (exact) mass is 325 g/mol. The molecule has 0 aliphatic carbocycles. The first-order chi connectivity index (χ1) is 10.7. The number of hydrogen-bond acceptors (Lipinski definition) is 6. The topological polar surface area (TPSA) is 74.1 Å². The van der Waals surface area contributed by atoms with Crippen LogP contribution in [-0.4, -0.2) is 33.4 Å². The van der Waals surface area contributed by atoms with Crippen LogP contribution in [0.5, 0.6) is 11.5 Å². The lowest BCUT2D eigenvalue weighted by Crippen LogP contribution is -2.08. The van der Waals surface area contributed by atoms with Crippen molar-refractivity contribution >= 4 is 17.5 Å². The molecular formula is C14H20ClN5O2. The number of nitrogens with one attached hydrogen (secondary N) is 1. The molecule has 2 rings (SSSR count). The molecule has 0 saturated carbocycles. The number of tetrazole rings is 1. The highest BCUT2D eigenvalue weighted by molar-refractivity contribution is 6.31. The van der Waals surface area contributed by atoms with Gasteiger partial charge in [0.15, 0.2) is 11.5 Å². The fourth-order valence-electron chi connectivity index (χ4n) is 1.97. The molecule has 0 amide bonds. The summed E-state index contributed by atoms with van der Waals surface area (Å²) in [6.45, 7) is 8.12. The van der Waals surface area contributed by atoms with Crippen molar-refractivity contribution < 1.29 is 9.47 Å². The maximum atomic E-state index is 6.32. The maximum Gasteiger partial charge on any atom is 0.243 e. The number of hydrogen-bond donors (Lipinski definition) is 1. The third kappa shape index (κ3) is 3.79. The van der Waals surface area contributed by atoms with Gasteiger partial charge in [-0.3, -0.25) is 0 Å². The summed E-state index contributed by atoms with van der Waals surface area (Å²) in [7, 11) is 0. The molecule has 0 fully saturated rings. The molecular weight excluding hydrogens is 306 g/mol. The van der Waals surface area contributed by atoms with Crippen molar-refractivity contribution in [2.75, 3.05) is 18.5 Å². The third-order valence-corrected chi connectivity index (χ3v) is 3.33. The van der Waals surface area contributed by atoms with Crippen LogP contribution in [0.4, 0.5) is 5.95 Å². The Bertz CT molecular complexity index is 617. The Morgan fingerprint density at radius 1 is 1.14 bits per heavy atom. The summed E-state index contributed by atoms with van der Waals surface area (Å²) in [6, 6.07) is 3.65. The van der Waals surface area contributed by atoms with Crippen LogP contribution >= 0.6 is 11.6 Å². The van der Waals surface area contributed by atoms with Gasteiger partial charge in [-0.05, 0) is 42.8 Å². The van der Waals surface area contributed by atoms with Crippen LogP contribution in [0.2, 0.25) is 5.02 Å². The van der Waals surface area contributed by atoms with E-state index in [1.54, 1.807) is 10.7 Å². The van der Waals surface area contributed by atoms with Crippen LogP contribution in [0.15, 0.2) is 12.1 Å². The van der Waals surface area contributed by atoms with E-state index in [0.717, 1.165) is 5.56 Å². The zero-order valence-electron chi connectivity index (χ0n) is 13.0. The van der Waals surface area contributed by atoms with Crippen LogP contribution in [0.1, 0.15) is 26.3 Å². The zero-order valence-corrected chi connectivity index (χ0v) is 13.7. The molecule has 0 atom stereocenters. The predicted molar refractivity (Wildman–Crippen MR) is 84.6 cm³/mol. The molecule has 2 aromatic rings. The Morgan fingerprint density at radius 2 is 1.82 bits per heavy atom. The average molecular weight is 326 g/mol. The van der Waals surface area contributed by atoms with E-state index in [0.29, 0.717) is 48.8 Å². The Balaban J connectivity index is 2.17. The number of aryl methyl sites for hydroxylation is 1. The fraction of sp³-hybridized carbons (Fsp3) is 0.500. The van der Waals surface area contributed by atoms with Crippen molar-refractivity contribution in [2.24, 2.45) is 0 Å². The summed E-state index contributed by atoms with van der Waals surface area (Å²) in [5.41, 5.74) is 0.888. The van der Waals surface area contributed by atoms with E-state index in [-0.39, 0.29) is 0 Å². The van der Waals surface area contributed by atoms with Crippen molar-refractivity contribution in [3.8, 4) is 11.5 Å². The van der Waals surface area contributed by atoms with Gasteiger partial charge in [0.25, 0.3) is 0 Å². The molecule has 0 aliphatic rings. The lowest BCUT2D eigenvalue weighted by Gasteiger charge is -2.14. The van der Waals surface area contributed by atoms with Gasteiger partial charge in [-0.15, -0.1) is 0 Å². The molecule has 0 aliphatic heterocycles. The first-order valence-electron chi connectivity index (χ1n) is 7.27. The van der Waals surface area contributed by atoms with Gasteiger partial charge in [0.1, 0.15) is 0 Å². The van der Waals surface area contributed by atoms with Crippen molar-refractivity contribution in [1.82, 2.24) is 20.2 Å². The summed E-state index contributed by atoms with van der Waals surface area (Å²) >= 11 is 6.32. The number of benzene rings is 1. The summed E-state index contributed by atoms with van der Waals surface area (Å²) in [6.07, 6.45) is 0. The SMILES string of the molecule is CCOc1cc(Cl)c(CNc2nnnn2CC)cc1OCC. The summed E-state index contributed by atoms with van der Waals surface area (Å²) in [5, 5.41) is 15.2. The number of ether oxygens (including phenoxy) is 2. The van der Waals surface area contributed by atoms with Gasteiger partial charge < -0.3 is 14.8 Å². The second kappa shape index (κ2) is 7.84. The van der Waals surface area contributed by atoms with Gasteiger partial charge in [0.05, 0.1) is 13.2 Å². The van der Waals surface area contributed by atoms with Crippen LogP contribution in [0, 0.1) is 0 Å². The Morgan fingerprint density at radius 3 is 2.45 bits per heavy atom. The number of halogens is 1. The molecule has 8 heteroatoms. The molecule has 0 saturated heterocycles. The van der Waals surface area contributed by atoms with E-state index in [1.807, 2.05) is 26.8 Å². The highest BCUT2D eigenvalue weighted by Crippen LogP contribution is 2.34. The minimum absolute atomic E-state index is 0.492. The predicted octanol–water partition coefficient (Wildman–Crippen LogP) is 2.76. The Kier molecular flexibility index (Phi) is 5.83. The number of rotatable bonds is 8. The molecule has 22 heavy (non-hydrogen) atoms. The summed E-state index contributed by atoms with van der Waals surface area (Å²) in [4.78, 5) is 0. The zero-order chi connectivity index (χ0) is 15.9. The smallest absolute Gasteiger partial charge is 0.243 e. The number of aromatic nitrogens is 4. The lowest BCUT2D eigenvalue weighted by atomic mass is 10.2. The van der Waals surface area contributed by atoms with E-state index in [2.05, 4.69) is 20.8 Å². The molecule has 0 spiro atoms. The minimum atomic E-state index is 0.492. The van der Waals surface area contributed by atoms with Gasteiger partial charge in [0, 0.05) is 24.2 Å². The standard InChI is InChI=1S/C14H20ClN5O2/c1-4-20-14(17-18-19-20)16-9-10-7-12(21-5-2)13(22-6-3)8-11(10)15/h7-8H,4-6,9H2,1-3H3,(H,16,17,19). The number of nitrogens with zero attached hydrogens (tertiary/aromatic N) is 4. The molecule has 0 radical (unpaired) electrons. The van der Waals surface area contributed by atoms with Gasteiger partial charge in [-0.25, -0.2) is 4.68 Å². The van der Waals surface area contributed by atoms with Gasteiger partial charge >= 0.3 is 0 Å². The van der Waals surface area contributed by atoms with Crippen molar-refractivity contribution in [1.29, 1.82) is 0 Å². The van der Waals surface area contributed by atoms with Gasteiger partial charge in [0.2, 0.25) is 5.95 Å². The molecule has 1 N–H and O–H groups in total. The fourth-order valence-corrected chi connectivity index (χ4v) is 2.19. The molecule has 1 heterocycles. The molecule has 0 unspecified atom stereocenters. The second-order valence-corrected chi connectivity index (χ2v) is 4.84. The highest BCUT2D eigenvalue weighted by Gasteiger charge is 2.12. The molecule has 7 nitrogen and oxygen atoms in total. The Labute approximate surface area is 134 Å². The molecule has 1 aromatic heterocycles. The van der Waals surface area contributed by atoms with Gasteiger partial charge in [-0.1, -0.05) is 16.7 Å². The van der Waals surface area contributed by atoms with Crippen molar-refractivity contribution in [3.63, 3.8) is 0 Å².